The minimum Gasteiger partial charge on any atom is -0.456 e. The molecule has 0 amide bonds. The van der Waals surface area contributed by atoms with Crippen molar-refractivity contribution in [1.82, 2.24) is 4.57 Å². The van der Waals surface area contributed by atoms with E-state index in [9.17, 15) is 9.59 Å². The van der Waals surface area contributed by atoms with E-state index in [0.29, 0.717) is 32.7 Å². The number of hydrogen-bond donors (Lipinski definition) is 0. The van der Waals surface area contributed by atoms with Crippen LogP contribution in [0.1, 0.15) is 0 Å². The van der Waals surface area contributed by atoms with Gasteiger partial charge in [-0.15, -0.1) is 11.3 Å². The van der Waals surface area contributed by atoms with E-state index in [1.54, 1.807) is 6.07 Å². The summed E-state index contributed by atoms with van der Waals surface area (Å²) in [5.41, 5.74) is 3.83. The molecule has 0 bridgehead atoms. The molecule has 3 heterocycles. The minimum atomic E-state index is -0.140. The van der Waals surface area contributed by atoms with Crippen LogP contribution < -0.4 is 10.9 Å². The molecular weight excluding hydrogens is 478 g/mol. The highest BCUT2D eigenvalue weighted by Crippen LogP contribution is 2.33. The molecule has 5 aromatic carbocycles. The number of hydrogen-bond acceptors (Lipinski definition) is 4. The zero-order valence-corrected chi connectivity index (χ0v) is 20.2. The van der Waals surface area contributed by atoms with Crippen LogP contribution in [-0.4, -0.2) is 4.57 Å². The number of fused-ring (bicyclic) bond motifs is 7. The minimum absolute atomic E-state index is 0.0650. The number of aromatic nitrogens is 1. The van der Waals surface area contributed by atoms with E-state index in [4.69, 9.17) is 4.42 Å². The second-order valence-corrected chi connectivity index (χ2v) is 10.3. The van der Waals surface area contributed by atoms with E-state index >= 15 is 0 Å². The first-order valence-electron chi connectivity index (χ1n) is 12.0. The van der Waals surface area contributed by atoms with Gasteiger partial charge in [0, 0.05) is 36.6 Å². The molecule has 0 N–H and O–H groups in total. The van der Waals surface area contributed by atoms with Crippen LogP contribution in [0.5, 0.6) is 0 Å². The lowest BCUT2D eigenvalue weighted by Crippen LogP contribution is -2.06. The molecule has 3 aromatic heterocycles. The molecule has 37 heavy (non-hydrogen) atoms. The first-order valence-corrected chi connectivity index (χ1v) is 12.8. The second kappa shape index (κ2) is 7.38. The Hall–Kier alpha value is -4.74. The van der Waals surface area contributed by atoms with Crippen LogP contribution in [-0.2, 0) is 0 Å². The Labute approximate surface area is 213 Å². The van der Waals surface area contributed by atoms with Crippen molar-refractivity contribution in [3.63, 3.8) is 0 Å². The van der Waals surface area contributed by atoms with Gasteiger partial charge in [-0.1, -0.05) is 48.5 Å². The highest BCUT2D eigenvalue weighted by atomic mass is 32.1. The van der Waals surface area contributed by atoms with Crippen LogP contribution in [0.3, 0.4) is 0 Å². The third kappa shape index (κ3) is 2.83. The zero-order chi connectivity index (χ0) is 24.7. The summed E-state index contributed by atoms with van der Waals surface area (Å²) in [5.74, 6) is 0. The summed E-state index contributed by atoms with van der Waals surface area (Å²) in [7, 11) is 0. The lowest BCUT2D eigenvalue weighted by Gasteiger charge is -2.10. The van der Waals surface area contributed by atoms with Crippen molar-refractivity contribution in [2.75, 3.05) is 0 Å². The molecule has 0 saturated carbocycles. The number of para-hydroxylation sites is 2. The average Bonchev–Trinajstić information content (AvgIpc) is 3.27. The molecule has 8 aromatic rings. The number of rotatable bonds is 1. The van der Waals surface area contributed by atoms with E-state index in [1.807, 2.05) is 72.8 Å². The summed E-state index contributed by atoms with van der Waals surface area (Å²) in [4.78, 5) is 27.0. The third-order valence-electron chi connectivity index (χ3n) is 7.19. The first-order chi connectivity index (χ1) is 18.2. The smallest absolute Gasteiger partial charge is 0.200 e. The summed E-state index contributed by atoms with van der Waals surface area (Å²) in [6.07, 6.45) is 0. The van der Waals surface area contributed by atoms with Crippen molar-refractivity contribution in [3.8, 4) is 5.69 Å². The van der Waals surface area contributed by atoms with Crippen molar-refractivity contribution < 1.29 is 4.42 Å². The molecule has 5 heteroatoms. The molecule has 0 aliphatic rings. The van der Waals surface area contributed by atoms with Gasteiger partial charge in [0.15, 0.2) is 5.43 Å². The summed E-state index contributed by atoms with van der Waals surface area (Å²) >= 11 is 1.53. The van der Waals surface area contributed by atoms with Gasteiger partial charge in [-0.2, -0.15) is 0 Å². The molecule has 0 unspecified atom stereocenters. The highest BCUT2D eigenvalue weighted by molar-refractivity contribution is 7.24. The lowest BCUT2D eigenvalue weighted by atomic mass is 10.1. The highest BCUT2D eigenvalue weighted by Gasteiger charge is 2.16. The van der Waals surface area contributed by atoms with Crippen LogP contribution in [0.4, 0.5) is 0 Å². The molecule has 0 saturated heterocycles. The molecular formula is C32H17NO3S. The standard InChI is InChI=1S/C32H17NO3S/c34-31-21-9-3-6-12-29(21)37-30-17-28-23(16-24(30)31)32(35)22-15-18(13-14-27(22)36-28)33-25-10-4-1-7-19(25)20-8-2-5-11-26(20)33/h1-17H. The van der Waals surface area contributed by atoms with Crippen LogP contribution in [0.25, 0.3) is 69.6 Å². The maximum Gasteiger partial charge on any atom is 0.200 e. The van der Waals surface area contributed by atoms with E-state index in [1.165, 1.54) is 11.3 Å². The lowest BCUT2D eigenvalue weighted by molar-refractivity contribution is 0.660. The Morgan fingerprint density at radius 1 is 0.514 bits per heavy atom. The fourth-order valence-corrected chi connectivity index (χ4v) is 6.56. The molecule has 0 aliphatic carbocycles. The Kier molecular flexibility index (Phi) is 4.08. The second-order valence-electron chi connectivity index (χ2n) is 9.25. The molecule has 0 radical (unpaired) electrons. The van der Waals surface area contributed by atoms with Crippen molar-refractivity contribution in [2.24, 2.45) is 0 Å². The van der Waals surface area contributed by atoms with Gasteiger partial charge < -0.3 is 8.98 Å². The fraction of sp³-hybridized carbons (Fsp3) is 0. The van der Waals surface area contributed by atoms with Gasteiger partial charge in [0.05, 0.1) is 21.8 Å². The molecule has 0 spiro atoms. The first kappa shape index (κ1) is 20.5. The van der Waals surface area contributed by atoms with Crippen LogP contribution >= 0.6 is 11.3 Å². The van der Waals surface area contributed by atoms with E-state index in [2.05, 4.69) is 28.8 Å². The molecule has 8 rings (SSSR count). The summed E-state index contributed by atoms with van der Waals surface area (Å²) in [6.45, 7) is 0. The molecule has 0 atom stereocenters. The molecule has 0 aliphatic heterocycles. The van der Waals surface area contributed by atoms with Crippen LogP contribution in [0.15, 0.2) is 117 Å². The van der Waals surface area contributed by atoms with Gasteiger partial charge in [-0.25, -0.2) is 0 Å². The SMILES string of the molecule is O=c1c2cc(-n3c4ccccc4c4ccccc43)ccc2oc2cc3sc4ccccc4c(=O)c3cc12. The van der Waals surface area contributed by atoms with Gasteiger partial charge in [0.25, 0.3) is 0 Å². The topological polar surface area (TPSA) is 52.2 Å². The maximum atomic E-state index is 13.8. The van der Waals surface area contributed by atoms with Crippen molar-refractivity contribution in [1.29, 1.82) is 0 Å². The Bertz CT molecular complexity index is 2300. The van der Waals surface area contributed by atoms with Crippen LogP contribution in [0.2, 0.25) is 0 Å². The summed E-state index contributed by atoms with van der Waals surface area (Å²) < 4.78 is 10.1. The van der Waals surface area contributed by atoms with Crippen molar-refractivity contribution >= 4 is 75.3 Å². The molecule has 0 fully saturated rings. The Balaban J connectivity index is 1.45. The van der Waals surface area contributed by atoms with E-state index in [0.717, 1.165) is 36.9 Å². The fourth-order valence-electron chi connectivity index (χ4n) is 5.48. The van der Waals surface area contributed by atoms with Crippen molar-refractivity contribution in [3.05, 3.63) is 124 Å². The van der Waals surface area contributed by atoms with Gasteiger partial charge in [0.1, 0.15) is 11.2 Å². The van der Waals surface area contributed by atoms with Gasteiger partial charge in [-0.05, 0) is 54.6 Å². The van der Waals surface area contributed by atoms with Crippen LogP contribution in [0, 0.1) is 0 Å². The van der Waals surface area contributed by atoms with Gasteiger partial charge >= 0.3 is 0 Å². The quantitative estimate of drug-likeness (QED) is 0.219. The number of benzene rings is 5. The molecule has 174 valence electrons. The largest absolute Gasteiger partial charge is 0.456 e. The zero-order valence-electron chi connectivity index (χ0n) is 19.4. The van der Waals surface area contributed by atoms with E-state index < -0.39 is 0 Å². The third-order valence-corrected chi connectivity index (χ3v) is 8.32. The normalized spacial score (nSPS) is 12.0. The predicted octanol–water partition coefficient (Wildman–Crippen LogP) is 7.77. The van der Waals surface area contributed by atoms with Crippen molar-refractivity contribution in [2.45, 2.75) is 0 Å². The molecule has 4 nitrogen and oxygen atoms in total. The monoisotopic (exact) mass is 495 g/mol. The van der Waals surface area contributed by atoms with E-state index in [-0.39, 0.29) is 10.9 Å². The predicted molar refractivity (Wildman–Crippen MR) is 153 cm³/mol. The Morgan fingerprint density at radius 3 is 1.89 bits per heavy atom. The maximum absolute atomic E-state index is 13.8. The summed E-state index contributed by atoms with van der Waals surface area (Å²) in [6, 6.07) is 33.4. The Morgan fingerprint density at radius 2 is 1.14 bits per heavy atom. The van der Waals surface area contributed by atoms with Gasteiger partial charge in [0.2, 0.25) is 5.43 Å². The summed E-state index contributed by atoms with van der Waals surface area (Å²) in [5, 5.41) is 4.43. The van der Waals surface area contributed by atoms with Gasteiger partial charge in [-0.3, -0.25) is 9.59 Å². The average molecular weight is 496 g/mol. The number of nitrogens with zero attached hydrogens (tertiary/aromatic N) is 1.